The summed E-state index contributed by atoms with van der Waals surface area (Å²) < 4.78 is 10.9. The molecule has 8 heteroatoms. The molecule has 1 atom stereocenters. The number of hydrogen-bond acceptors (Lipinski definition) is 7. The number of nitrogens with zero attached hydrogens (tertiary/aromatic N) is 2. The molecule has 0 bridgehead atoms. The van der Waals surface area contributed by atoms with Crippen LogP contribution in [0.15, 0.2) is 64.8 Å². The van der Waals surface area contributed by atoms with Gasteiger partial charge in [-0.3, -0.25) is 4.79 Å². The summed E-state index contributed by atoms with van der Waals surface area (Å²) in [5.74, 6) is 1.28. The number of anilines is 1. The van der Waals surface area contributed by atoms with Gasteiger partial charge in [0, 0.05) is 23.5 Å². The molecule has 2 aliphatic heterocycles. The molecule has 2 heterocycles. The first-order valence-corrected chi connectivity index (χ1v) is 12.8. The van der Waals surface area contributed by atoms with Crippen LogP contribution in [0.3, 0.4) is 0 Å². The minimum absolute atomic E-state index is 0.233. The number of amides is 1. The van der Waals surface area contributed by atoms with Crippen LogP contribution in [0, 0.1) is 5.92 Å². The Labute approximate surface area is 210 Å². The number of amidine groups is 1. The third kappa shape index (κ3) is 5.70. The van der Waals surface area contributed by atoms with Crippen LogP contribution in [0.25, 0.3) is 0 Å². The van der Waals surface area contributed by atoms with Crippen LogP contribution in [0.5, 0.6) is 5.75 Å². The van der Waals surface area contributed by atoms with Crippen LogP contribution in [0.4, 0.5) is 5.69 Å². The van der Waals surface area contributed by atoms with E-state index < -0.39 is 0 Å². The van der Waals surface area contributed by atoms with E-state index in [1.165, 1.54) is 0 Å². The van der Waals surface area contributed by atoms with E-state index in [4.69, 9.17) is 14.5 Å². The number of esters is 1. The molecule has 4 rings (SSSR count). The molecule has 0 spiro atoms. The molecule has 0 aliphatic carbocycles. The quantitative estimate of drug-likeness (QED) is 0.529. The van der Waals surface area contributed by atoms with Crippen molar-refractivity contribution < 1.29 is 19.1 Å². The van der Waals surface area contributed by atoms with Crippen molar-refractivity contribution in [3.63, 3.8) is 0 Å². The van der Waals surface area contributed by atoms with Crippen LogP contribution in [0.2, 0.25) is 0 Å². The molecule has 0 radical (unpaired) electrons. The zero-order chi connectivity index (χ0) is 24.9. The normalized spacial score (nSPS) is 17.6. The third-order valence-corrected chi connectivity index (χ3v) is 6.90. The first-order valence-electron chi connectivity index (χ1n) is 11.8. The smallest absolute Gasteiger partial charge is 0.338 e. The molecule has 1 N–H and O–H groups in total. The van der Waals surface area contributed by atoms with Crippen LogP contribution in [-0.2, 0) is 9.53 Å². The predicted octanol–water partition coefficient (Wildman–Crippen LogP) is 5.27. The van der Waals surface area contributed by atoms with Gasteiger partial charge in [0.25, 0.3) is 5.91 Å². The summed E-state index contributed by atoms with van der Waals surface area (Å²) in [6.45, 7) is 7.04. The van der Waals surface area contributed by atoms with Crippen molar-refractivity contribution in [3.8, 4) is 5.75 Å². The largest absolute Gasteiger partial charge is 0.497 e. The molecular weight excluding hydrogens is 462 g/mol. The van der Waals surface area contributed by atoms with Crippen molar-refractivity contribution in [2.24, 2.45) is 10.9 Å². The highest BCUT2D eigenvalue weighted by Gasteiger charge is 2.38. The van der Waals surface area contributed by atoms with Crippen LogP contribution in [-0.4, -0.2) is 48.0 Å². The lowest BCUT2D eigenvalue weighted by Gasteiger charge is -2.40. The Hall–Kier alpha value is -3.26. The average molecular weight is 494 g/mol. The summed E-state index contributed by atoms with van der Waals surface area (Å²) >= 11 is 1.70. The summed E-state index contributed by atoms with van der Waals surface area (Å²) in [5, 5.41) is 3.90. The highest BCUT2D eigenvalue weighted by Crippen LogP contribution is 2.40. The SMILES string of the molecule is COc1cccc(C(=O)Nc2cccc(C3C(C(=O)OCC(C)C)=C(C)N=C4SCCCN43)c2)c1. The maximum atomic E-state index is 13.2. The van der Waals surface area contributed by atoms with Gasteiger partial charge in [0.1, 0.15) is 5.75 Å². The summed E-state index contributed by atoms with van der Waals surface area (Å²) in [6, 6.07) is 14.3. The second kappa shape index (κ2) is 11.0. The van der Waals surface area contributed by atoms with Crippen molar-refractivity contribution in [1.29, 1.82) is 0 Å². The minimum Gasteiger partial charge on any atom is -0.497 e. The van der Waals surface area contributed by atoms with Crippen molar-refractivity contribution in [2.45, 2.75) is 33.2 Å². The molecule has 184 valence electrons. The maximum Gasteiger partial charge on any atom is 0.338 e. The lowest BCUT2D eigenvalue weighted by atomic mass is 9.94. The van der Waals surface area contributed by atoms with Gasteiger partial charge in [-0.05, 0) is 55.2 Å². The number of methoxy groups -OCH3 is 1. The van der Waals surface area contributed by atoms with Gasteiger partial charge in [-0.2, -0.15) is 0 Å². The third-order valence-electron chi connectivity index (χ3n) is 5.82. The number of rotatable bonds is 7. The molecule has 0 saturated carbocycles. The fraction of sp³-hybridized carbons (Fsp3) is 0.370. The number of aliphatic imine (C=N–C) groups is 1. The monoisotopic (exact) mass is 493 g/mol. The molecule has 35 heavy (non-hydrogen) atoms. The first-order chi connectivity index (χ1) is 16.9. The molecule has 2 aromatic rings. The van der Waals surface area contributed by atoms with E-state index in [1.807, 2.05) is 45.0 Å². The Kier molecular flexibility index (Phi) is 7.80. The predicted molar refractivity (Wildman–Crippen MR) is 140 cm³/mol. The number of hydrogen-bond donors (Lipinski definition) is 1. The van der Waals surface area contributed by atoms with Gasteiger partial charge >= 0.3 is 5.97 Å². The summed E-state index contributed by atoms with van der Waals surface area (Å²) in [7, 11) is 1.57. The lowest BCUT2D eigenvalue weighted by molar-refractivity contribution is -0.140. The molecule has 0 aromatic heterocycles. The fourth-order valence-corrected chi connectivity index (χ4v) is 5.17. The molecule has 2 aromatic carbocycles. The second-order valence-corrected chi connectivity index (χ2v) is 10.1. The van der Waals surface area contributed by atoms with Gasteiger partial charge in [-0.1, -0.05) is 43.8 Å². The van der Waals surface area contributed by atoms with Crippen LogP contribution < -0.4 is 10.1 Å². The Morgan fingerprint density at radius 3 is 2.77 bits per heavy atom. The number of allylic oxidation sites excluding steroid dienone is 1. The van der Waals surface area contributed by atoms with Gasteiger partial charge in [-0.25, -0.2) is 9.79 Å². The van der Waals surface area contributed by atoms with E-state index in [0.29, 0.717) is 34.9 Å². The van der Waals surface area contributed by atoms with Crippen LogP contribution >= 0.6 is 11.8 Å². The number of ether oxygens (including phenoxy) is 2. The second-order valence-electron chi connectivity index (χ2n) is 9.00. The standard InChI is InChI=1S/C27H31N3O4S/c1-17(2)16-34-26(32)23-18(3)28-27-30(12-7-13-35-27)24(23)19-8-5-10-21(14-19)29-25(31)20-9-6-11-22(15-20)33-4/h5-6,8-11,14-15,17,24H,7,12-13,16H2,1-4H3,(H,29,31). The lowest BCUT2D eigenvalue weighted by Crippen LogP contribution is -2.42. The zero-order valence-corrected chi connectivity index (χ0v) is 21.4. The van der Waals surface area contributed by atoms with Gasteiger partial charge in [-0.15, -0.1) is 0 Å². The maximum absolute atomic E-state index is 13.2. The number of nitrogens with one attached hydrogen (secondary N) is 1. The minimum atomic E-state index is -0.342. The topological polar surface area (TPSA) is 80.2 Å². The number of carbonyl (C=O) groups is 2. The molecule has 2 aliphatic rings. The summed E-state index contributed by atoms with van der Waals surface area (Å²) in [6.07, 6.45) is 1.000. The molecule has 1 amide bonds. The van der Waals surface area contributed by atoms with Crippen molar-refractivity contribution in [3.05, 3.63) is 70.9 Å². The van der Waals surface area contributed by atoms with Crippen LogP contribution in [0.1, 0.15) is 49.2 Å². The Bertz CT molecular complexity index is 1170. The van der Waals surface area contributed by atoms with Crippen molar-refractivity contribution in [1.82, 2.24) is 4.90 Å². The average Bonchev–Trinajstić information content (AvgIpc) is 2.86. The summed E-state index contributed by atoms with van der Waals surface area (Å²) in [5.41, 5.74) is 3.28. The Morgan fingerprint density at radius 2 is 2.00 bits per heavy atom. The van der Waals surface area contributed by atoms with E-state index in [1.54, 1.807) is 43.1 Å². The van der Waals surface area contributed by atoms with Crippen molar-refractivity contribution in [2.75, 3.05) is 31.3 Å². The van der Waals surface area contributed by atoms with Gasteiger partial charge in [0.15, 0.2) is 5.17 Å². The Balaban J connectivity index is 1.65. The highest BCUT2D eigenvalue weighted by molar-refractivity contribution is 8.13. The number of carbonyl (C=O) groups excluding carboxylic acids is 2. The van der Waals surface area contributed by atoms with Gasteiger partial charge < -0.3 is 19.7 Å². The first kappa shape index (κ1) is 24.9. The Morgan fingerprint density at radius 1 is 1.20 bits per heavy atom. The highest BCUT2D eigenvalue weighted by atomic mass is 32.2. The number of fused-ring (bicyclic) bond motifs is 1. The fourth-order valence-electron chi connectivity index (χ4n) is 4.15. The van der Waals surface area contributed by atoms with Gasteiger partial charge in [0.2, 0.25) is 0 Å². The molecule has 1 saturated heterocycles. The molecule has 7 nitrogen and oxygen atoms in total. The van der Waals surface area contributed by atoms with Gasteiger partial charge in [0.05, 0.1) is 31.0 Å². The molecule has 1 fully saturated rings. The van der Waals surface area contributed by atoms with E-state index in [-0.39, 0.29) is 23.8 Å². The van der Waals surface area contributed by atoms with E-state index in [2.05, 4.69) is 10.2 Å². The van der Waals surface area contributed by atoms with E-state index in [0.717, 1.165) is 29.4 Å². The summed E-state index contributed by atoms with van der Waals surface area (Å²) in [4.78, 5) is 33.0. The van der Waals surface area contributed by atoms with E-state index in [9.17, 15) is 9.59 Å². The number of thioether (sulfide) groups is 1. The molecular formula is C27H31N3O4S. The zero-order valence-electron chi connectivity index (χ0n) is 20.5. The van der Waals surface area contributed by atoms with E-state index >= 15 is 0 Å². The molecule has 1 unspecified atom stereocenters. The number of benzene rings is 2. The van der Waals surface area contributed by atoms with Crippen molar-refractivity contribution >= 4 is 34.5 Å².